The molecule has 144 valence electrons. The number of hydrogen-bond donors (Lipinski definition) is 2. The first-order valence-corrected chi connectivity index (χ1v) is 8.94. The topological polar surface area (TPSA) is 97.4 Å². The molecule has 6 heteroatoms. The first-order chi connectivity index (χ1) is 14.0. The molecule has 0 aliphatic heterocycles. The highest BCUT2D eigenvalue weighted by Crippen LogP contribution is 2.26. The van der Waals surface area contributed by atoms with E-state index in [9.17, 15) is 0 Å². The fourth-order valence-electron chi connectivity index (χ4n) is 2.61. The second kappa shape index (κ2) is 10.2. The van der Waals surface area contributed by atoms with Gasteiger partial charge >= 0.3 is 0 Å². The van der Waals surface area contributed by atoms with E-state index in [4.69, 9.17) is 10.5 Å². The van der Waals surface area contributed by atoms with Crippen LogP contribution in [0.1, 0.15) is 23.6 Å². The van der Waals surface area contributed by atoms with Crippen LogP contribution >= 0.6 is 0 Å². The summed E-state index contributed by atoms with van der Waals surface area (Å²) >= 11 is 0. The van der Waals surface area contributed by atoms with Crippen LogP contribution in [0.4, 0.5) is 17.5 Å². The van der Waals surface area contributed by atoms with Gasteiger partial charge < -0.3 is 10.6 Å². The van der Waals surface area contributed by atoms with E-state index in [2.05, 4.69) is 27.2 Å². The number of allylic oxidation sites excluding steroid dienone is 5. The summed E-state index contributed by atoms with van der Waals surface area (Å²) in [5.41, 5.74) is 5.13. The van der Waals surface area contributed by atoms with Crippen molar-refractivity contribution in [2.75, 3.05) is 10.6 Å². The summed E-state index contributed by atoms with van der Waals surface area (Å²) in [5.74, 6) is 1.08. The van der Waals surface area contributed by atoms with Crippen LogP contribution < -0.4 is 10.6 Å². The second-order valence-corrected chi connectivity index (χ2v) is 6.22. The van der Waals surface area contributed by atoms with E-state index in [1.54, 1.807) is 30.5 Å². The number of nitrogens with zero attached hydrogens (tertiary/aromatic N) is 4. The molecule has 1 aromatic heterocycles. The van der Waals surface area contributed by atoms with Crippen molar-refractivity contribution in [2.45, 2.75) is 20.8 Å². The van der Waals surface area contributed by atoms with Crippen LogP contribution in [-0.4, -0.2) is 9.97 Å². The summed E-state index contributed by atoms with van der Waals surface area (Å²) in [6.45, 7) is 9.50. The van der Waals surface area contributed by atoms with Crippen molar-refractivity contribution < 1.29 is 0 Å². The zero-order chi connectivity index (χ0) is 21.2. The summed E-state index contributed by atoms with van der Waals surface area (Å²) in [5, 5.41) is 24.0. The average molecular weight is 382 g/mol. The molecule has 2 N–H and O–H groups in total. The van der Waals surface area contributed by atoms with Gasteiger partial charge in [-0.25, -0.2) is 4.98 Å². The molecule has 0 spiro atoms. The Morgan fingerprint density at radius 3 is 2.52 bits per heavy atom. The summed E-state index contributed by atoms with van der Waals surface area (Å²) in [4.78, 5) is 8.75. The molecule has 1 heterocycles. The van der Waals surface area contributed by atoms with Crippen molar-refractivity contribution in [3.05, 3.63) is 83.2 Å². The lowest BCUT2D eigenvalue weighted by molar-refractivity contribution is 1.15. The molecule has 0 fully saturated rings. The summed E-state index contributed by atoms with van der Waals surface area (Å²) in [6, 6.07) is 9.78. The third-order valence-electron chi connectivity index (χ3n) is 3.99. The van der Waals surface area contributed by atoms with Crippen molar-refractivity contribution in [3.8, 4) is 12.1 Å². The maximum absolute atomic E-state index is 8.80. The first kappa shape index (κ1) is 21.1. The van der Waals surface area contributed by atoms with Gasteiger partial charge in [-0.3, -0.25) is 0 Å². The Hall–Kier alpha value is -4.16. The Bertz CT molecular complexity index is 1050. The van der Waals surface area contributed by atoms with Crippen LogP contribution in [0.5, 0.6) is 0 Å². The van der Waals surface area contributed by atoms with E-state index in [1.165, 1.54) is 6.08 Å². The number of hydrogen-bond acceptors (Lipinski definition) is 6. The molecule has 0 saturated carbocycles. The van der Waals surface area contributed by atoms with E-state index in [-0.39, 0.29) is 0 Å². The number of aryl methyl sites for hydroxylation is 2. The van der Waals surface area contributed by atoms with Crippen molar-refractivity contribution in [1.29, 1.82) is 10.5 Å². The Balaban J connectivity index is 2.21. The van der Waals surface area contributed by atoms with Crippen LogP contribution in [0.25, 0.3) is 6.08 Å². The highest BCUT2D eigenvalue weighted by molar-refractivity contribution is 5.69. The molecule has 0 saturated heterocycles. The standard InChI is InChI=1S/C23H22N6/c1-5-20(9-8-16(2)15-25)27-23-26-12-10-21(29-23)28-22-17(3)13-19(7-6-11-24)14-18(22)4/h5-10,12-14H,2H2,1,3-4H3,(H2,26,27,28,29)/b7-6+,9-8-,20-5+. The predicted octanol–water partition coefficient (Wildman–Crippen LogP) is 5.33. The molecule has 1 aromatic carbocycles. The minimum absolute atomic E-state index is 0.362. The molecule has 0 radical (unpaired) electrons. The van der Waals surface area contributed by atoms with E-state index in [0.717, 1.165) is 28.1 Å². The van der Waals surface area contributed by atoms with E-state index >= 15 is 0 Å². The van der Waals surface area contributed by atoms with Crippen molar-refractivity contribution in [2.24, 2.45) is 0 Å². The molecule has 0 amide bonds. The lowest BCUT2D eigenvalue weighted by atomic mass is 10.0. The maximum atomic E-state index is 8.80. The number of nitriles is 2. The largest absolute Gasteiger partial charge is 0.340 e. The van der Waals surface area contributed by atoms with Gasteiger partial charge in [0.2, 0.25) is 5.95 Å². The smallest absolute Gasteiger partial charge is 0.229 e. The zero-order valence-electron chi connectivity index (χ0n) is 16.7. The van der Waals surface area contributed by atoms with Gasteiger partial charge in [-0.2, -0.15) is 15.5 Å². The lowest BCUT2D eigenvalue weighted by Crippen LogP contribution is -2.04. The predicted molar refractivity (Wildman–Crippen MR) is 117 cm³/mol. The molecular weight excluding hydrogens is 360 g/mol. The van der Waals surface area contributed by atoms with Crippen LogP contribution in [0.15, 0.2) is 66.5 Å². The summed E-state index contributed by atoms with van der Waals surface area (Å²) in [7, 11) is 0. The van der Waals surface area contributed by atoms with Crippen LogP contribution in [0, 0.1) is 36.5 Å². The Labute approximate surface area is 171 Å². The van der Waals surface area contributed by atoms with Crippen LogP contribution in [0.2, 0.25) is 0 Å². The lowest BCUT2D eigenvalue weighted by Gasteiger charge is -2.14. The van der Waals surface area contributed by atoms with Gasteiger partial charge in [0.05, 0.1) is 12.1 Å². The third-order valence-corrected chi connectivity index (χ3v) is 3.99. The molecule has 2 aromatic rings. The van der Waals surface area contributed by atoms with E-state index in [0.29, 0.717) is 17.3 Å². The molecule has 6 nitrogen and oxygen atoms in total. The molecule has 0 aliphatic rings. The van der Waals surface area contributed by atoms with E-state index < -0.39 is 0 Å². The molecule has 0 aliphatic carbocycles. The van der Waals surface area contributed by atoms with Gasteiger partial charge in [0.15, 0.2) is 0 Å². The Morgan fingerprint density at radius 1 is 1.17 bits per heavy atom. The number of anilines is 3. The minimum Gasteiger partial charge on any atom is -0.340 e. The zero-order valence-corrected chi connectivity index (χ0v) is 16.7. The van der Waals surface area contributed by atoms with Gasteiger partial charge in [-0.15, -0.1) is 0 Å². The van der Waals surface area contributed by atoms with E-state index in [1.807, 2.05) is 51.1 Å². The molecule has 0 atom stereocenters. The number of rotatable bonds is 7. The maximum Gasteiger partial charge on any atom is 0.229 e. The molecule has 29 heavy (non-hydrogen) atoms. The van der Waals surface area contributed by atoms with Crippen molar-refractivity contribution in [1.82, 2.24) is 9.97 Å². The average Bonchev–Trinajstić information content (AvgIpc) is 2.72. The van der Waals surface area contributed by atoms with Crippen LogP contribution in [0.3, 0.4) is 0 Å². The van der Waals surface area contributed by atoms with Gasteiger partial charge in [-0.1, -0.05) is 12.7 Å². The van der Waals surface area contributed by atoms with Crippen molar-refractivity contribution in [3.63, 3.8) is 0 Å². The SMILES string of the molecule is C=C(C#N)/C=C\C(=C/C)Nc1nccc(Nc2c(C)cc(/C=C/C#N)cc2C)n1. The molecular formula is C23H22N6. The normalized spacial score (nSPS) is 11.3. The molecule has 2 rings (SSSR count). The van der Waals surface area contributed by atoms with Crippen molar-refractivity contribution >= 4 is 23.5 Å². The fourth-order valence-corrected chi connectivity index (χ4v) is 2.61. The summed E-state index contributed by atoms with van der Waals surface area (Å²) < 4.78 is 0. The highest BCUT2D eigenvalue weighted by Gasteiger charge is 2.07. The monoisotopic (exact) mass is 382 g/mol. The van der Waals surface area contributed by atoms with Gasteiger partial charge in [0.25, 0.3) is 0 Å². The first-order valence-electron chi connectivity index (χ1n) is 8.94. The molecule has 0 unspecified atom stereocenters. The van der Waals surface area contributed by atoms with Gasteiger partial charge in [-0.05, 0) is 73.9 Å². The minimum atomic E-state index is 0.362. The highest BCUT2D eigenvalue weighted by atomic mass is 15.1. The van der Waals surface area contributed by atoms with Gasteiger partial charge in [0.1, 0.15) is 5.82 Å². The summed E-state index contributed by atoms with van der Waals surface area (Å²) in [6.07, 6.45) is 10.1. The number of nitrogens with one attached hydrogen (secondary N) is 2. The van der Waals surface area contributed by atoms with Gasteiger partial charge in [0, 0.05) is 29.2 Å². The fraction of sp³-hybridized carbons (Fsp3) is 0.130. The number of benzene rings is 1. The quantitative estimate of drug-likeness (QED) is 0.496. The number of aromatic nitrogens is 2. The Kier molecular flexibility index (Phi) is 7.47. The third kappa shape index (κ3) is 6.20. The molecule has 0 bridgehead atoms. The van der Waals surface area contributed by atoms with Crippen LogP contribution in [-0.2, 0) is 0 Å². The Morgan fingerprint density at radius 2 is 1.90 bits per heavy atom. The second-order valence-electron chi connectivity index (χ2n) is 6.22.